The molecule has 0 bridgehead atoms. The highest BCUT2D eigenvalue weighted by Crippen LogP contribution is 2.28. The van der Waals surface area contributed by atoms with E-state index in [1.54, 1.807) is 11.3 Å². The predicted octanol–water partition coefficient (Wildman–Crippen LogP) is 5.21. The fourth-order valence-electron chi connectivity index (χ4n) is 2.10. The fourth-order valence-corrected chi connectivity index (χ4v) is 3.84. The molecule has 1 heterocycles. The number of rotatable bonds is 5. The summed E-state index contributed by atoms with van der Waals surface area (Å²) in [7, 11) is 0. The molecular formula is C15H17ClINS. The predicted molar refractivity (Wildman–Crippen MR) is 93.3 cm³/mol. The summed E-state index contributed by atoms with van der Waals surface area (Å²) in [5.74, 6) is 0. The first-order valence-electron chi connectivity index (χ1n) is 6.32. The third-order valence-electron chi connectivity index (χ3n) is 3.07. The van der Waals surface area contributed by atoms with Crippen molar-refractivity contribution in [1.29, 1.82) is 0 Å². The molecule has 2 rings (SSSR count). The van der Waals surface area contributed by atoms with Gasteiger partial charge in [-0.15, -0.1) is 11.3 Å². The number of thiophene rings is 1. The summed E-state index contributed by atoms with van der Waals surface area (Å²) in [5, 5.41) is 6.65. The molecule has 0 aliphatic heterocycles. The van der Waals surface area contributed by atoms with E-state index in [0.29, 0.717) is 6.04 Å². The standard InChI is InChI=1S/C15H17ClINS/c1-3-18-14(12-8-15(17)19-9-12)7-11-5-4-10(2)6-13(11)16/h4-6,8-9,14,18H,3,7H2,1-2H3. The van der Waals surface area contributed by atoms with Gasteiger partial charge < -0.3 is 5.32 Å². The van der Waals surface area contributed by atoms with Gasteiger partial charge in [0, 0.05) is 11.1 Å². The second kappa shape index (κ2) is 7.07. The molecule has 19 heavy (non-hydrogen) atoms. The fraction of sp³-hybridized carbons (Fsp3) is 0.333. The van der Waals surface area contributed by atoms with E-state index in [2.05, 4.69) is 65.3 Å². The summed E-state index contributed by atoms with van der Waals surface area (Å²) in [4.78, 5) is 0. The number of nitrogens with one attached hydrogen (secondary N) is 1. The molecule has 0 saturated heterocycles. The van der Waals surface area contributed by atoms with Crippen LogP contribution in [0.25, 0.3) is 0 Å². The Morgan fingerprint density at radius 2 is 2.16 bits per heavy atom. The van der Waals surface area contributed by atoms with Crippen molar-refractivity contribution in [3.05, 3.63) is 54.2 Å². The Bertz CT molecular complexity index is 553. The van der Waals surface area contributed by atoms with E-state index in [4.69, 9.17) is 11.6 Å². The van der Waals surface area contributed by atoms with Crippen LogP contribution in [0.15, 0.2) is 29.6 Å². The van der Waals surface area contributed by atoms with Crippen LogP contribution in [0.5, 0.6) is 0 Å². The molecule has 2 aromatic rings. The van der Waals surface area contributed by atoms with Crippen molar-refractivity contribution in [3.8, 4) is 0 Å². The number of hydrogen-bond acceptors (Lipinski definition) is 2. The van der Waals surface area contributed by atoms with Crippen molar-refractivity contribution in [2.45, 2.75) is 26.3 Å². The lowest BCUT2D eigenvalue weighted by Crippen LogP contribution is -2.22. The third-order valence-corrected chi connectivity index (χ3v) is 5.23. The second-order valence-electron chi connectivity index (χ2n) is 4.59. The van der Waals surface area contributed by atoms with E-state index in [9.17, 15) is 0 Å². The molecule has 0 amide bonds. The number of halogens is 2. The molecule has 0 fully saturated rings. The van der Waals surface area contributed by atoms with Gasteiger partial charge in [-0.1, -0.05) is 30.7 Å². The van der Waals surface area contributed by atoms with Gasteiger partial charge in [-0.3, -0.25) is 0 Å². The van der Waals surface area contributed by atoms with Crippen LogP contribution in [0, 0.1) is 9.81 Å². The number of hydrogen-bond donors (Lipinski definition) is 1. The molecular weight excluding hydrogens is 389 g/mol. The first kappa shape index (κ1) is 15.3. The quantitative estimate of drug-likeness (QED) is 0.674. The molecule has 1 N–H and O–H groups in total. The van der Waals surface area contributed by atoms with E-state index < -0.39 is 0 Å². The molecule has 1 unspecified atom stereocenters. The van der Waals surface area contributed by atoms with Crippen molar-refractivity contribution in [2.75, 3.05) is 6.54 Å². The largest absolute Gasteiger partial charge is 0.310 e. The summed E-state index contributed by atoms with van der Waals surface area (Å²) in [5.41, 5.74) is 3.77. The van der Waals surface area contributed by atoms with Crippen molar-refractivity contribution in [2.24, 2.45) is 0 Å². The highest BCUT2D eigenvalue weighted by atomic mass is 127. The molecule has 1 atom stereocenters. The molecule has 0 spiro atoms. The second-order valence-corrected chi connectivity index (χ2v) is 7.81. The van der Waals surface area contributed by atoms with Gasteiger partial charge in [-0.05, 0) is 76.7 Å². The van der Waals surface area contributed by atoms with Crippen LogP contribution >= 0.6 is 45.5 Å². The Morgan fingerprint density at radius 3 is 2.74 bits per heavy atom. The van der Waals surface area contributed by atoms with Gasteiger partial charge in [0.15, 0.2) is 0 Å². The Labute approximate surface area is 137 Å². The average molecular weight is 406 g/mol. The highest BCUT2D eigenvalue weighted by molar-refractivity contribution is 14.1. The van der Waals surface area contributed by atoms with Crippen molar-refractivity contribution in [1.82, 2.24) is 5.32 Å². The van der Waals surface area contributed by atoms with Gasteiger partial charge >= 0.3 is 0 Å². The van der Waals surface area contributed by atoms with E-state index in [1.165, 1.54) is 19.6 Å². The molecule has 0 aliphatic carbocycles. The van der Waals surface area contributed by atoms with Gasteiger partial charge in [0.05, 0.1) is 2.88 Å². The normalized spacial score (nSPS) is 12.6. The summed E-state index contributed by atoms with van der Waals surface area (Å²) >= 11 is 10.5. The Kier molecular flexibility index (Phi) is 5.69. The zero-order valence-electron chi connectivity index (χ0n) is 11.0. The first-order valence-corrected chi connectivity index (χ1v) is 8.66. The Hall–Kier alpha value is -0.100. The Balaban J connectivity index is 2.21. The summed E-state index contributed by atoms with van der Waals surface area (Å²) in [6.45, 7) is 5.17. The van der Waals surface area contributed by atoms with Crippen LogP contribution < -0.4 is 5.32 Å². The lowest BCUT2D eigenvalue weighted by Gasteiger charge is -2.18. The van der Waals surface area contributed by atoms with Gasteiger partial charge in [0.1, 0.15) is 0 Å². The van der Waals surface area contributed by atoms with E-state index >= 15 is 0 Å². The van der Waals surface area contributed by atoms with Crippen LogP contribution in [0.3, 0.4) is 0 Å². The maximum absolute atomic E-state index is 6.34. The third kappa shape index (κ3) is 4.18. The number of benzene rings is 1. The maximum Gasteiger partial charge on any atom is 0.0656 e. The zero-order valence-corrected chi connectivity index (χ0v) is 14.8. The summed E-state index contributed by atoms with van der Waals surface area (Å²) in [6, 6.07) is 8.89. The van der Waals surface area contributed by atoms with E-state index in [-0.39, 0.29) is 0 Å². The van der Waals surface area contributed by atoms with Crippen molar-refractivity contribution < 1.29 is 0 Å². The van der Waals surface area contributed by atoms with Crippen molar-refractivity contribution >= 4 is 45.5 Å². The van der Waals surface area contributed by atoms with E-state index in [1.807, 2.05) is 6.07 Å². The zero-order chi connectivity index (χ0) is 13.8. The van der Waals surface area contributed by atoms with Gasteiger partial charge in [-0.25, -0.2) is 0 Å². The maximum atomic E-state index is 6.34. The number of likely N-dealkylation sites (N-methyl/N-ethyl adjacent to an activating group) is 1. The van der Waals surface area contributed by atoms with Crippen molar-refractivity contribution in [3.63, 3.8) is 0 Å². The Morgan fingerprint density at radius 1 is 1.37 bits per heavy atom. The van der Waals surface area contributed by atoms with Crippen LogP contribution in [0.1, 0.15) is 29.7 Å². The van der Waals surface area contributed by atoms with Gasteiger partial charge in [-0.2, -0.15) is 0 Å². The highest BCUT2D eigenvalue weighted by Gasteiger charge is 2.14. The topological polar surface area (TPSA) is 12.0 Å². The molecule has 0 aliphatic rings. The smallest absolute Gasteiger partial charge is 0.0656 e. The van der Waals surface area contributed by atoms with Crippen LogP contribution in [-0.4, -0.2) is 6.54 Å². The molecule has 4 heteroatoms. The van der Waals surface area contributed by atoms with E-state index in [0.717, 1.165) is 18.0 Å². The summed E-state index contributed by atoms with van der Waals surface area (Å²) in [6.07, 6.45) is 0.930. The molecule has 1 aromatic carbocycles. The molecule has 102 valence electrons. The average Bonchev–Trinajstić information content (AvgIpc) is 2.78. The van der Waals surface area contributed by atoms with Crippen LogP contribution in [-0.2, 0) is 6.42 Å². The van der Waals surface area contributed by atoms with Gasteiger partial charge in [0.25, 0.3) is 0 Å². The van der Waals surface area contributed by atoms with Crippen LogP contribution in [0.4, 0.5) is 0 Å². The minimum Gasteiger partial charge on any atom is -0.310 e. The lowest BCUT2D eigenvalue weighted by molar-refractivity contribution is 0.551. The summed E-state index contributed by atoms with van der Waals surface area (Å²) < 4.78 is 1.32. The minimum absolute atomic E-state index is 0.338. The SMILES string of the molecule is CCNC(Cc1ccc(C)cc1Cl)c1csc(I)c1. The molecule has 1 nitrogen and oxygen atoms in total. The minimum atomic E-state index is 0.338. The molecule has 0 radical (unpaired) electrons. The lowest BCUT2D eigenvalue weighted by atomic mass is 10.0. The number of aryl methyl sites for hydroxylation is 1. The first-order chi connectivity index (χ1) is 9.10. The van der Waals surface area contributed by atoms with Crippen LogP contribution in [0.2, 0.25) is 5.02 Å². The monoisotopic (exact) mass is 405 g/mol. The molecule has 1 aromatic heterocycles. The molecule has 0 saturated carbocycles. The van der Waals surface area contributed by atoms with Gasteiger partial charge in [0.2, 0.25) is 0 Å².